The number of halogens is 3. The van der Waals surface area contributed by atoms with Gasteiger partial charge in [-0.1, -0.05) is 11.6 Å². The fraction of sp³-hybridized carbons (Fsp3) is 0.375. The zero-order valence-electron chi connectivity index (χ0n) is 18.9. The number of nitrogens with one attached hydrogen (secondary N) is 2. The van der Waals surface area contributed by atoms with Crippen LogP contribution in [0, 0.1) is 18.6 Å². The van der Waals surface area contributed by atoms with Crippen LogP contribution in [0.5, 0.6) is 0 Å². The van der Waals surface area contributed by atoms with Crippen LogP contribution < -0.4 is 20.4 Å². The van der Waals surface area contributed by atoms with Crippen molar-refractivity contribution in [3.63, 3.8) is 0 Å². The molecule has 0 amide bonds. The number of anilines is 3. The molecule has 7 nitrogen and oxygen atoms in total. The van der Waals surface area contributed by atoms with Crippen molar-refractivity contribution >= 4 is 28.9 Å². The van der Waals surface area contributed by atoms with Gasteiger partial charge in [-0.3, -0.25) is 0 Å². The van der Waals surface area contributed by atoms with Crippen LogP contribution in [0.3, 0.4) is 0 Å². The van der Waals surface area contributed by atoms with Gasteiger partial charge in [-0.25, -0.2) is 23.7 Å². The summed E-state index contributed by atoms with van der Waals surface area (Å²) >= 11 is 6.14. The molecular weight excluding hydrogens is 460 g/mol. The third-order valence-electron chi connectivity index (χ3n) is 6.38. The number of benzene rings is 1. The van der Waals surface area contributed by atoms with Crippen molar-refractivity contribution in [2.24, 2.45) is 0 Å². The molecule has 0 bridgehead atoms. The van der Waals surface area contributed by atoms with Crippen molar-refractivity contribution < 1.29 is 8.78 Å². The molecule has 1 fully saturated rings. The van der Waals surface area contributed by atoms with Crippen LogP contribution in [0.2, 0.25) is 5.02 Å². The second kappa shape index (κ2) is 9.68. The van der Waals surface area contributed by atoms with Crippen molar-refractivity contribution in [3.8, 4) is 11.3 Å². The SMILES string of the molecule is Cc1c(-c2cc(N3CCNCC3)ncn2)cnc2c1N(Cc1c(F)ccc(F)c1Cl)CCCN2. The smallest absolute Gasteiger partial charge is 0.149 e. The molecule has 34 heavy (non-hydrogen) atoms. The molecule has 5 rings (SSSR count). The first-order valence-electron chi connectivity index (χ1n) is 11.4. The van der Waals surface area contributed by atoms with Crippen LogP contribution in [-0.2, 0) is 6.54 Å². The van der Waals surface area contributed by atoms with E-state index in [0.29, 0.717) is 12.4 Å². The van der Waals surface area contributed by atoms with Crippen LogP contribution in [0.1, 0.15) is 17.5 Å². The largest absolute Gasteiger partial charge is 0.368 e. The molecule has 0 aliphatic carbocycles. The Balaban J connectivity index is 1.54. The lowest BCUT2D eigenvalue weighted by atomic mass is 10.0. The number of rotatable bonds is 4. The molecule has 0 spiro atoms. The molecule has 0 unspecified atom stereocenters. The van der Waals surface area contributed by atoms with E-state index in [1.54, 1.807) is 6.33 Å². The number of hydrogen-bond acceptors (Lipinski definition) is 7. The Bertz CT molecular complexity index is 1200. The minimum Gasteiger partial charge on any atom is -0.368 e. The van der Waals surface area contributed by atoms with E-state index in [-0.39, 0.29) is 17.1 Å². The lowest BCUT2D eigenvalue weighted by Crippen LogP contribution is -2.43. The molecule has 10 heteroatoms. The fourth-order valence-electron chi connectivity index (χ4n) is 4.58. The first kappa shape index (κ1) is 22.7. The fourth-order valence-corrected chi connectivity index (χ4v) is 4.79. The van der Waals surface area contributed by atoms with Gasteiger partial charge in [0, 0.05) is 69.2 Å². The van der Waals surface area contributed by atoms with Gasteiger partial charge in [-0.2, -0.15) is 0 Å². The van der Waals surface area contributed by atoms with Crippen molar-refractivity contribution in [1.29, 1.82) is 0 Å². The number of pyridine rings is 1. The zero-order chi connectivity index (χ0) is 23.7. The van der Waals surface area contributed by atoms with Crippen LogP contribution >= 0.6 is 11.6 Å². The van der Waals surface area contributed by atoms with E-state index in [9.17, 15) is 8.78 Å². The highest BCUT2D eigenvalue weighted by atomic mass is 35.5. The normalized spacial score (nSPS) is 16.1. The molecule has 0 saturated carbocycles. The Kier molecular flexibility index (Phi) is 6.47. The molecular formula is C24H26ClF2N7. The highest BCUT2D eigenvalue weighted by Gasteiger charge is 2.24. The highest BCUT2D eigenvalue weighted by molar-refractivity contribution is 6.31. The Morgan fingerprint density at radius 1 is 1.03 bits per heavy atom. The predicted octanol–water partition coefficient (Wildman–Crippen LogP) is 4.01. The average Bonchev–Trinajstić information content (AvgIpc) is 3.08. The van der Waals surface area contributed by atoms with Gasteiger partial charge in [0.2, 0.25) is 0 Å². The quantitative estimate of drug-likeness (QED) is 0.541. The summed E-state index contributed by atoms with van der Waals surface area (Å²) in [6.45, 7) is 7.12. The van der Waals surface area contributed by atoms with Crippen LogP contribution in [0.4, 0.5) is 26.1 Å². The van der Waals surface area contributed by atoms with Crippen LogP contribution in [-0.4, -0.2) is 54.2 Å². The molecule has 3 aromatic rings. The average molecular weight is 486 g/mol. The Labute approximate surface area is 202 Å². The number of hydrogen-bond donors (Lipinski definition) is 2. The van der Waals surface area contributed by atoms with Gasteiger partial charge in [0.1, 0.15) is 29.6 Å². The summed E-state index contributed by atoms with van der Waals surface area (Å²) in [6, 6.07) is 4.15. The number of piperazine rings is 1. The van der Waals surface area contributed by atoms with Gasteiger partial charge in [-0.05, 0) is 31.0 Å². The first-order chi connectivity index (χ1) is 16.5. The summed E-state index contributed by atoms with van der Waals surface area (Å²) in [5.74, 6) is 0.437. The van der Waals surface area contributed by atoms with Gasteiger partial charge in [0.25, 0.3) is 0 Å². The van der Waals surface area contributed by atoms with Crippen molar-refractivity contribution in [2.45, 2.75) is 19.9 Å². The van der Waals surface area contributed by atoms with Crippen LogP contribution in [0.25, 0.3) is 11.3 Å². The van der Waals surface area contributed by atoms with E-state index in [1.807, 2.05) is 24.1 Å². The minimum atomic E-state index is -0.628. The Hall–Kier alpha value is -3.04. The number of aromatic nitrogens is 3. The lowest BCUT2D eigenvalue weighted by molar-refractivity contribution is 0.580. The summed E-state index contributed by atoms with van der Waals surface area (Å²) in [5.41, 5.74) is 3.59. The third kappa shape index (κ3) is 4.37. The predicted molar refractivity (Wildman–Crippen MR) is 131 cm³/mol. The van der Waals surface area contributed by atoms with E-state index < -0.39 is 11.6 Å². The van der Waals surface area contributed by atoms with Crippen molar-refractivity contribution in [3.05, 3.63) is 58.5 Å². The molecule has 2 aliphatic heterocycles. The Morgan fingerprint density at radius 3 is 2.65 bits per heavy atom. The third-order valence-corrected chi connectivity index (χ3v) is 6.79. The summed E-state index contributed by atoms with van der Waals surface area (Å²) in [4.78, 5) is 17.9. The van der Waals surface area contributed by atoms with Gasteiger partial charge < -0.3 is 20.4 Å². The maximum Gasteiger partial charge on any atom is 0.149 e. The molecule has 2 aliphatic rings. The molecule has 1 aromatic carbocycles. The monoisotopic (exact) mass is 485 g/mol. The lowest BCUT2D eigenvalue weighted by Gasteiger charge is -2.29. The molecule has 4 heterocycles. The second-order valence-electron chi connectivity index (χ2n) is 8.52. The first-order valence-corrected chi connectivity index (χ1v) is 11.8. The second-order valence-corrected chi connectivity index (χ2v) is 8.89. The van der Waals surface area contributed by atoms with E-state index in [1.165, 1.54) is 0 Å². The van der Waals surface area contributed by atoms with Gasteiger partial charge in [0.15, 0.2) is 0 Å². The maximum absolute atomic E-state index is 14.6. The van der Waals surface area contributed by atoms with E-state index >= 15 is 0 Å². The molecule has 2 aromatic heterocycles. The number of fused-ring (bicyclic) bond motifs is 1. The topological polar surface area (TPSA) is 69.2 Å². The highest BCUT2D eigenvalue weighted by Crippen LogP contribution is 2.38. The van der Waals surface area contributed by atoms with Crippen LogP contribution in [0.15, 0.2) is 30.7 Å². The number of nitrogens with zero attached hydrogens (tertiary/aromatic N) is 5. The van der Waals surface area contributed by atoms with Gasteiger partial charge in [-0.15, -0.1) is 0 Å². The van der Waals surface area contributed by atoms with Crippen molar-refractivity contribution in [2.75, 3.05) is 54.4 Å². The summed E-state index contributed by atoms with van der Waals surface area (Å²) in [7, 11) is 0. The van der Waals surface area contributed by atoms with Gasteiger partial charge >= 0.3 is 0 Å². The molecule has 2 N–H and O–H groups in total. The summed E-state index contributed by atoms with van der Waals surface area (Å²) < 4.78 is 28.7. The summed E-state index contributed by atoms with van der Waals surface area (Å²) in [6.07, 6.45) is 4.21. The molecule has 0 atom stereocenters. The standard InChI is InChI=1S/C24H26ClF2N7/c1-15-16(20-11-21(32-14-31-20)33-9-6-28-7-10-33)12-30-24-23(15)34(8-2-5-29-24)13-17-18(26)3-4-19(27)22(17)25/h3-4,11-12,14,28H,2,5-10,13H2,1H3,(H,29,30). The van der Waals surface area contributed by atoms with E-state index in [0.717, 1.165) is 79.6 Å². The molecule has 178 valence electrons. The van der Waals surface area contributed by atoms with E-state index in [2.05, 4.69) is 30.5 Å². The minimum absolute atomic E-state index is 0.138. The molecule has 1 saturated heterocycles. The van der Waals surface area contributed by atoms with Crippen molar-refractivity contribution in [1.82, 2.24) is 20.3 Å². The maximum atomic E-state index is 14.6. The Morgan fingerprint density at radius 2 is 1.82 bits per heavy atom. The summed E-state index contributed by atoms with van der Waals surface area (Å²) in [5, 5.41) is 6.53. The molecule has 0 radical (unpaired) electrons. The van der Waals surface area contributed by atoms with E-state index in [4.69, 9.17) is 11.6 Å². The zero-order valence-corrected chi connectivity index (χ0v) is 19.7. The van der Waals surface area contributed by atoms with Gasteiger partial charge in [0.05, 0.1) is 16.4 Å².